The van der Waals surface area contributed by atoms with Crippen molar-refractivity contribution in [1.82, 2.24) is 5.32 Å². The Hall–Kier alpha value is -2.53. The molecule has 2 aromatic carbocycles. The molecule has 0 spiro atoms. The van der Waals surface area contributed by atoms with Gasteiger partial charge in [-0.05, 0) is 48.4 Å². The van der Waals surface area contributed by atoms with E-state index in [1.54, 1.807) is 0 Å². The highest BCUT2D eigenvalue weighted by molar-refractivity contribution is 7.89. The van der Waals surface area contributed by atoms with Crippen LogP contribution in [-0.4, -0.2) is 40.0 Å². The molecule has 0 saturated carbocycles. The monoisotopic (exact) mass is 469 g/mol. The number of carbonyl (C=O) groups is 2. The minimum Gasteiger partial charge on any atom is -0.381 e. The predicted molar refractivity (Wildman–Crippen MR) is 113 cm³/mol. The van der Waals surface area contributed by atoms with Gasteiger partial charge in [0.1, 0.15) is 5.82 Å². The van der Waals surface area contributed by atoms with Crippen LogP contribution in [0.4, 0.5) is 10.1 Å². The van der Waals surface area contributed by atoms with Crippen LogP contribution in [0.1, 0.15) is 22.3 Å². The number of ether oxygens (including phenoxy) is 1. The van der Waals surface area contributed by atoms with Gasteiger partial charge < -0.3 is 15.4 Å². The summed E-state index contributed by atoms with van der Waals surface area (Å²) in [6.45, 7) is 1.50. The Balaban J connectivity index is 1.75. The van der Waals surface area contributed by atoms with Crippen molar-refractivity contribution in [2.45, 2.75) is 17.7 Å². The molecule has 1 aliphatic rings. The quantitative estimate of drug-likeness (QED) is 0.572. The summed E-state index contributed by atoms with van der Waals surface area (Å²) in [5, 5.41) is 10.7. The Kier molecular flexibility index (Phi) is 7.26. The largest absolute Gasteiger partial charge is 0.381 e. The van der Waals surface area contributed by atoms with Gasteiger partial charge in [0.25, 0.3) is 5.91 Å². The van der Waals surface area contributed by atoms with E-state index in [1.165, 1.54) is 24.3 Å². The summed E-state index contributed by atoms with van der Waals surface area (Å²) < 4.78 is 42.7. The molecule has 1 heterocycles. The molecule has 1 aliphatic heterocycles. The van der Waals surface area contributed by atoms with E-state index in [1.807, 2.05) is 0 Å². The minimum atomic E-state index is -4.25. The number of hydrogen-bond donors (Lipinski definition) is 3. The number of nitrogens with two attached hydrogens (primary N) is 1. The van der Waals surface area contributed by atoms with Crippen molar-refractivity contribution < 1.29 is 27.1 Å². The number of hydrogen-bond acceptors (Lipinski definition) is 5. The average molecular weight is 470 g/mol. The normalized spacial score (nSPS) is 16.2. The van der Waals surface area contributed by atoms with Gasteiger partial charge in [-0.15, -0.1) is 0 Å². The third-order valence-electron chi connectivity index (χ3n) is 4.75. The number of rotatable bonds is 7. The smallest absolute Gasteiger partial charge is 0.252 e. The molecule has 11 heteroatoms. The molecule has 0 aliphatic carbocycles. The number of carbonyl (C=O) groups excluding carboxylic acids is 2. The molecule has 0 bridgehead atoms. The highest BCUT2D eigenvalue weighted by Gasteiger charge is 2.22. The second kappa shape index (κ2) is 9.73. The maximum absolute atomic E-state index is 13.4. The van der Waals surface area contributed by atoms with Crippen molar-refractivity contribution in [2.24, 2.45) is 11.1 Å². The van der Waals surface area contributed by atoms with Crippen molar-refractivity contribution in [1.29, 1.82) is 0 Å². The third-order valence-corrected chi connectivity index (χ3v) is 6.07. The second-order valence-electron chi connectivity index (χ2n) is 7.16. The average Bonchev–Trinajstić information content (AvgIpc) is 3.22. The van der Waals surface area contributed by atoms with Crippen LogP contribution >= 0.6 is 11.6 Å². The van der Waals surface area contributed by atoms with Crippen LogP contribution in [0.5, 0.6) is 0 Å². The number of nitrogens with one attached hydrogen (secondary N) is 2. The van der Waals surface area contributed by atoms with Gasteiger partial charge in [0.2, 0.25) is 15.9 Å². The van der Waals surface area contributed by atoms with Gasteiger partial charge in [-0.2, -0.15) is 0 Å². The predicted octanol–water partition coefficient (Wildman–Crippen LogP) is 2.07. The van der Waals surface area contributed by atoms with Crippen molar-refractivity contribution in [2.75, 3.05) is 25.1 Å². The molecule has 0 aromatic heterocycles. The number of sulfonamides is 1. The fourth-order valence-corrected chi connectivity index (χ4v) is 4.10. The molecule has 1 atom stereocenters. The zero-order chi connectivity index (χ0) is 22.6. The summed E-state index contributed by atoms with van der Waals surface area (Å²) in [7, 11) is -4.25. The van der Waals surface area contributed by atoms with Crippen LogP contribution in [0.15, 0.2) is 41.3 Å². The maximum atomic E-state index is 13.4. The van der Waals surface area contributed by atoms with Gasteiger partial charge in [0.15, 0.2) is 0 Å². The van der Waals surface area contributed by atoms with Gasteiger partial charge in [-0.3, -0.25) is 9.59 Å². The zero-order valence-corrected chi connectivity index (χ0v) is 17.9. The van der Waals surface area contributed by atoms with Crippen LogP contribution in [0.25, 0.3) is 0 Å². The summed E-state index contributed by atoms with van der Waals surface area (Å²) >= 11 is 5.97. The molecule has 1 fully saturated rings. The molecule has 166 valence electrons. The van der Waals surface area contributed by atoms with Crippen LogP contribution in [0, 0.1) is 11.7 Å². The van der Waals surface area contributed by atoms with Gasteiger partial charge in [-0.1, -0.05) is 11.6 Å². The van der Waals surface area contributed by atoms with E-state index in [0.717, 1.165) is 18.6 Å². The number of amides is 2. The van der Waals surface area contributed by atoms with E-state index < -0.39 is 32.6 Å². The third kappa shape index (κ3) is 6.23. The molecule has 2 amide bonds. The summed E-state index contributed by atoms with van der Waals surface area (Å²) in [6, 6.07) is 7.40. The SMILES string of the molecule is NS(=O)(=O)c1cc(NC(=O)Cc2cc(F)ccc2Cl)ccc1C(=O)NCC1CCOC1. The lowest BCUT2D eigenvalue weighted by molar-refractivity contribution is -0.115. The van der Waals surface area contributed by atoms with E-state index in [4.69, 9.17) is 21.5 Å². The number of anilines is 1. The fraction of sp³-hybridized carbons (Fsp3) is 0.300. The Bertz CT molecular complexity index is 1100. The van der Waals surface area contributed by atoms with E-state index in [0.29, 0.717) is 19.8 Å². The Labute approximate surface area is 184 Å². The van der Waals surface area contributed by atoms with E-state index in [-0.39, 0.29) is 34.2 Å². The molecule has 4 N–H and O–H groups in total. The van der Waals surface area contributed by atoms with E-state index in [2.05, 4.69) is 10.6 Å². The molecule has 3 rings (SSSR count). The Morgan fingerprint density at radius 3 is 2.68 bits per heavy atom. The first-order valence-corrected chi connectivity index (χ1v) is 11.3. The van der Waals surface area contributed by atoms with Crippen molar-refractivity contribution in [3.8, 4) is 0 Å². The van der Waals surface area contributed by atoms with Gasteiger partial charge in [-0.25, -0.2) is 17.9 Å². The number of halogens is 2. The Morgan fingerprint density at radius 2 is 2.00 bits per heavy atom. The second-order valence-corrected chi connectivity index (χ2v) is 9.09. The highest BCUT2D eigenvalue weighted by Crippen LogP contribution is 2.22. The van der Waals surface area contributed by atoms with Crippen LogP contribution in [0.2, 0.25) is 5.02 Å². The maximum Gasteiger partial charge on any atom is 0.252 e. The van der Waals surface area contributed by atoms with Gasteiger partial charge in [0.05, 0.1) is 23.5 Å². The first-order valence-electron chi connectivity index (χ1n) is 9.40. The summed E-state index contributed by atoms with van der Waals surface area (Å²) in [6.07, 6.45) is 0.579. The van der Waals surface area contributed by atoms with Gasteiger partial charge in [0, 0.05) is 29.8 Å². The lowest BCUT2D eigenvalue weighted by atomic mass is 10.1. The van der Waals surface area contributed by atoms with Crippen molar-refractivity contribution >= 4 is 39.1 Å². The summed E-state index contributed by atoms with van der Waals surface area (Å²) in [4.78, 5) is 24.4. The minimum absolute atomic E-state index is 0.113. The van der Waals surface area contributed by atoms with Crippen LogP contribution in [0.3, 0.4) is 0 Å². The Morgan fingerprint density at radius 1 is 1.23 bits per heavy atom. The molecule has 31 heavy (non-hydrogen) atoms. The fourth-order valence-electron chi connectivity index (χ4n) is 3.16. The standard InChI is InChI=1S/C20H21ClFN3O5S/c21-17-4-1-14(22)7-13(17)8-19(26)25-15-2-3-16(18(9-15)31(23,28)29)20(27)24-10-12-5-6-30-11-12/h1-4,7,9,12H,5-6,8,10-11H2,(H,24,27)(H,25,26)(H2,23,28,29). The molecular weight excluding hydrogens is 449 g/mol. The summed E-state index contributed by atoms with van der Waals surface area (Å²) in [5.74, 6) is -1.52. The molecule has 2 aromatic rings. The van der Waals surface area contributed by atoms with Crippen molar-refractivity contribution in [3.05, 3.63) is 58.4 Å². The van der Waals surface area contributed by atoms with Gasteiger partial charge >= 0.3 is 0 Å². The van der Waals surface area contributed by atoms with Crippen LogP contribution < -0.4 is 15.8 Å². The lowest BCUT2D eigenvalue weighted by Gasteiger charge is -2.13. The molecule has 8 nitrogen and oxygen atoms in total. The first-order chi connectivity index (χ1) is 14.6. The molecule has 0 radical (unpaired) electrons. The number of primary sulfonamides is 1. The molecule has 1 saturated heterocycles. The van der Waals surface area contributed by atoms with Crippen LogP contribution in [-0.2, 0) is 26.0 Å². The lowest BCUT2D eigenvalue weighted by Crippen LogP contribution is -2.31. The first kappa shape index (κ1) is 23.1. The summed E-state index contributed by atoms with van der Waals surface area (Å²) in [5.41, 5.74) is 0.257. The van der Waals surface area contributed by atoms with E-state index in [9.17, 15) is 22.4 Å². The highest BCUT2D eigenvalue weighted by atomic mass is 35.5. The molecular formula is C20H21ClFN3O5S. The zero-order valence-electron chi connectivity index (χ0n) is 16.4. The molecule has 1 unspecified atom stereocenters. The number of benzene rings is 2. The van der Waals surface area contributed by atoms with E-state index >= 15 is 0 Å². The topological polar surface area (TPSA) is 128 Å². The van der Waals surface area contributed by atoms with Crippen molar-refractivity contribution in [3.63, 3.8) is 0 Å².